The van der Waals surface area contributed by atoms with Crippen LogP contribution in [0.4, 0.5) is 18.9 Å². The van der Waals surface area contributed by atoms with Gasteiger partial charge < -0.3 is 10.0 Å². The molecular formula is C22H22F3N3OS. The van der Waals surface area contributed by atoms with Gasteiger partial charge in [-0.15, -0.1) is 0 Å². The van der Waals surface area contributed by atoms with Crippen molar-refractivity contribution in [3.63, 3.8) is 0 Å². The zero-order valence-electron chi connectivity index (χ0n) is 17.0. The molecular weight excluding hydrogens is 411 g/mol. The minimum absolute atomic E-state index is 0.208. The smallest absolute Gasteiger partial charge is 0.345 e. The number of aryl methyl sites for hydroxylation is 2. The molecule has 0 aliphatic heterocycles. The Balaban J connectivity index is 1.84. The number of hydrogen-bond acceptors (Lipinski definition) is 4. The number of rotatable bonds is 5. The van der Waals surface area contributed by atoms with Crippen LogP contribution in [-0.2, 0) is 6.18 Å². The van der Waals surface area contributed by atoms with Gasteiger partial charge in [0.1, 0.15) is 0 Å². The lowest BCUT2D eigenvalue weighted by Gasteiger charge is -2.18. The molecule has 0 bridgehead atoms. The van der Waals surface area contributed by atoms with Crippen LogP contribution >= 0.6 is 11.9 Å². The Morgan fingerprint density at radius 3 is 2.50 bits per heavy atom. The van der Waals surface area contributed by atoms with Crippen LogP contribution in [-0.4, -0.2) is 17.1 Å². The van der Waals surface area contributed by atoms with E-state index in [1.54, 1.807) is 6.92 Å². The van der Waals surface area contributed by atoms with Crippen molar-refractivity contribution in [3.05, 3.63) is 70.4 Å². The number of benzene rings is 2. The molecule has 0 spiro atoms. The minimum atomic E-state index is -4.44. The molecule has 158 valence electrons. The summed E-state index contributed by atoms with van der Waals surface area (Å²) in [7, 11) is 0. The van der Waals surface area contributed by atoms with Gasteiger partial charge in [0.15, 0.2) is 0 Å². The summed E-state index contributed by atoms with van der Waals surface area (Å²) >= 11 is 1.51. The highest BCUT2D eigenvalue weighted by Crippen LogP contribution is 2.32. The number of nitrogens with zero attached hydrogens (tertiary/aromatic N) is 1. The molecule has 0 fully saturated rings. The van der Waals surface area contributed by atoms with Gasteiger partial charge in [0.2, 0.25) is 0 Å². The molecule has 0 radical (unpaired) electrons. The van der Waals surface area contributed by atoms with E-state index < -0.39 is 11.7 Å². The van der Waals surface area contributed by atoms with Gasteiger partial charge in [-0.2, -0.15) is 13.2 Å². The Labute approximate surface area is 177 Å². The highest BCUT2D eigenvalue weighted by molar-refractivity contribution is 7.99. The predicted octanol–water partition coefficient (Wildman–Crippen LogP) is 6.05. The fourth-order valence-electron chi connectivity index (χ4n) is 3.28. The molecule has 8 heteroatoms. The first kappa shape index (κ1) is 22.0. The van der Waals surface area contributed by atoms with Crippen LogP contribution in [0.25, 0.3) is 10.9 Å². The molecule has 3 rings (SSSR count). The Morgan fingerprint density at radius 2 is 1.87 bits per heavy atom. The van der Waals surface area contributed by atoms with E-state index in [4.69, 9.17) is 0 Å². The van der Waals surface area contributed by atoms with Crippen molar-refractivity contribution in [1.29, 1.82) is 0 Å². The maximum Gasteiger partial charge on any atom is 0.416 e. The van der Waals surface area contributed by atoms with Crippen LogP contribution in [0, 0.1) is 13.8 Å². The van der Waals surface area contributed by atoms with Crippen molar-refractivity contribution >= 4 is 34.4 Å². The zero-order valence-corrected chi connectivity index (χ0v) is 17.8. The molecule has 3 aromatic rings. The van der Waals surface area contributed by atoms with Crippen LogP contribution in [0.2, 0.25) is 0 Å². The zero-order chi connectivity index (χ0) is 22.1. The number of carbonyl (C=O) groups excluding carboxylic acids is 1. The number of nitrogens with one attached hydrogen (secondary N) is 2. The Hall–Kier alpha value is -2.74. The second-order valence-electron chi connectivity index (χ2n) is 7.10. The second-order valence-corrected chi connectivity index (χ2v) is 7.71. The fourth-order valence-corrected chi connectivity index (χ4v) is 3.72. The van der Waals surface area contributed by atoms with Gasteiger partial charge in [0.05, 0.1) is 22.7 Å². The van der Waals surface area contributed by atoms with E-state index in [1.807, 2.05) is 38.3 Å². The molecule has 4 nitrogen and oxygen atoms in total. The van der Waals surface area contributed by atoms with E-state index in [1.165, 1.54) is 24.2 Å². The van der Waals surface area contributed by atoms with Crippen molar-refractivity contribution in [3.8, 4) is 0 Å². The van der Waals surface area contributed by atoms with Crippen molar-refractivity contribution in [2.75, 3.05) is 11.0 Å². The SMILES string of the molecule is CSNc1ccc(C(C)NC(=O)c2cnc3cc(C(F)(F)F)ccc3c2C)cc1C. The van der Waals surface area contributed by atoms with Gasteiger partial charge in [-0.05, 0) is 55.7 Å². The molecule has 0 saturated carbocycles. The highest BCUT2D eigenvalue weighted by atomic mass is 32.2. The van der Waals surface area contributed by atoms with E-state index in [9.17, 15) is 18.0 Å². The molecule has 1 atom stereocenters. The lowest BCUT2D eigenvalue weighted by atomic mass is 10.0. The number of anilines is 1. The summed E-state index contributed by atoms with van der Waals surface area (Å²) in [5.41, 5.74) is 3.40. The number of carbonyl (C=O) groups is 1. The molecule has 2 N–H and O–H groups in total. The van der Waals surface area contributed by atoms with Gasteiger partial charge in [0.25, 0.3) is 5.91 Å². The van der Waals surface area contributed by atoms with Crippen LogP contribution in [0.5, 0.6) is 0 Å². The Kier molecular flexibility index (Phi) is 6.26. The minimum Gasteiger partial charge on any atom is -0.345 e. The summed E-state index contributed by atoms with van der Waals surface area (Å²) in [6.07, 6.45) is -1.16. The first-order valence-electron chi connectivity index (χ1n) is 9.28. The number of halogens is 3. The van der Waals surface area contributed by atoms with Crippen LogP contribution in [0.3, 0.4) is 0 Å². The average molecular weight is 433 g/mol. The molecule has 1 heterocycles. The van der Waals surface area contributed by atoms with Crippen molar-refractivity contribution in [1.82, 2.24) is 10.3 Å². The van der Waals surface area contributed by atoms with Gasteiger partial charge in [-0.25, -0.2) is 0 Å². The number of pyridine rings is 1. The van der Waals surface area contributed by atoms with Crippen molar-refractivity contribution in [2.24, 2.45) is 0 Å². The third-order valence-electron chi connectivity index (χ3n) is 5.02. The summed E-state index contributed by atoms with van der Waals surface area (Å²) in [5.74, 6) is -0.321. The molecule has 1 amide bonds. The number of fused-ring (bicyclic) bond motifs is 1. The number of amides is 1. The van der Waals surface area contributed by atoms with Gasteiger partial charge in [-0.1, -0.05) is 30.1 Å². The largest absolute Gasteiger partial charge is 0.416 e. The van der Waals surface area contributed by atoms with Crippen molar-refractivity contribution < 1.29 is 18.0 Å². The van der Waals surface area contributed by atoms with E-state index >= 15 is 0 Å². The summed E-state index contributed by atoms with van der Waals surface area (Å²) in [4.78, 5) is 16.9. The topological polar surface area (TPSA) is 54.0 Å². The van der Waals surface area contributed by atoms with Gasteiger partial charge in [0, 0.05) is 23.5 Å². The summed E-state index contributed by atoms with van der Waals surface area (Å²) in [6.45, 7) is 5.58. The number of hydrogen-bond donors (Lipinski definition) is 2. The first-order chi connectivity index (χ1) is 14.1. The van der Waals surface area contributed by atoms with Crippen LogP contribution in [0.15, 0.2) is 42.6 Å². The highest BCUT2D eigenvalue weighted by Gasteiger charge is 2.30. The standard InChI is InChI=1S/C22H22F3N3OS/c1-12-9-15(5-8-19(12)28-30-4)14(3)27-21(29)18-11-26-20-10-16(22(23,24)25)6-7-17(20)13(18)2/h5-11,14,28H,1-4H3,(H,27,29). The van der Waals surface area contributed by atoms with Gasteiger partial charge >= 0.3 is 6.18 Å². The molecule has 0 saturated heterocycles. The van der Waals surface area contributed by atoms with E-state index in [-0.39, 0.29) is 17.5 Å². The monoisotopic (exact) mass is 433 g/mol. The Bertz CT molecular complexity index is 1100. The molecule has 2 aromatic carbocycles. The average Bonchev–Trinajstić information content (AvgIpc) is 2.68. The van der Waals surface area contributed by atoms with Crippen LogP contribution < -0.4 is 10.0 Å². The molecule has 0 aliphatic carbocycles. The molecule has 1 unspecified atom stereocenters. The maximum absolute atomic E-state index is 12.9. The van der Waals surface area contributed by atoms with Gasteiger partial charge in [-0.3, -0.25) is 9.78 Å². The summed E-state index contributed by atoms with van der Waals surface area (Å²) in [5, 5.41) is 3.47. The third-order valence-corrected chi connectivity index (χ3v) is 5.44. The quantitative estimate of drug-likeness (QED) is 0.481. The van der Waals surface area contributed by atoms with E-state index in [2.05, 4.69) is 15.0 Å². The van der Waals surface area contributed by atoms with E-state index in [0.29, 0.717) is 16.5 Å². The van der Waals surface area contributed by atoms with E-state index in [0.717, 1.165) is 28.9 Å². The Morgan fingerprint density at radius 1 is 1.13 bits per heavy atom. The lowest BCUT2D eigenvalue weighted by molar-refractivity contribution is -0.137. The van der Waals surface area contributed by atoms with Crippen LogP contribution in [0.1, 0.15) is 45.6 Å². The first-order valence-corrected chi connectivity index (χ1v) is 10.5. The number of aromatic nitrogens is 1. The molecule has 1 aromatic heterocycles. The summed E-state index contributed by atoms with van der Waals surface area (Å²) < 4.78 is 42.0. The molecule has 30 heavy (non-hydrogen) atoms. The normalized spacial score (nSPS) is 12.6. The molecule has 0 aliphatic rings. The predicted molar refractivity (Wildman–Crippen MR) is 116 cm³/mol. The van der Waals surface area contributed by atoms with Crippen molar-refractivity contribution in [2.45, 2.75) is 33.0 Å². The second kappa shape index (κ2) is 8.55. The fraction of sp³-hybridized carbons (Fsp3) is 0.273. The maximum atomic E-state index is 12.9. The number of alkyl halides is 3. The lowest BCUT2D eigenvalue weighted by Crippen LogP contribution is -2.27. The summed E-state index contributed by atoms with van der Waals surface area (Å²) in [6, 6.07) is 9.04. The third kappa shape index (κ3) is 4.53.